The highest BCUT2D eigenvalue weighted by atomic mass is 35.5. The van der Waals surface area contributed by atoms with Crippen LogP contribution in [0, 0.1) is 11.3 Å². The van der Waals surface area contributed by atoms with E-state index in [1.807, 2.05) is 31.2 Å². The average molecular weight is 438 g/mol. The number of rotatable bonds is 5. The summed E-state index contributed by atoms with van der Waals surface area (Å²) in [5, 5.41) is 16.2. The van der Waals surface area contributed by atoms with Crippen molar-refractivity contribution in [1.82, 2.24) is 10.2 Å². The molecule has 0 saturated carbocycles. The SMILES string of the molecule is C[C@H](CN1C(=O)c2cc(Cl)ccc2Nc2ccccc21)NCC(=O)N1CCC[C@H]1C#N. The topological polar surface area (TPSA) is 88.5 Å². The molecular weight excluding hydrogens is 414 g/mol. The van der Waals surface area contributed by atoms with Crippen molar-refractivity contribution >= 4 is 40.5 Å². The van der Waals surface area contributed by atoms with Gasteiger partial charge in [-0.05, 0) is 50.1 Å². The fourth-order valence-electron chi connectivity index (χ4n) is 4.10. The van der Waals surface area contributed by atoms with E-state index in [0.29, 0.717) is 29.4 Å². The van der Waals surface area contributed by atoms with E-state index in [1.54, 1.807) is 28.0 Å². The van der Waals surface area contributed by atoms with Crippen molar-refractivity contribution in [2.45, 2.75) is 31.8 Å². The highest BCUT2D eigenvalue weighted by Gasteiger charge is 2.30. The Kier molecular flexibility index (Phi) is 6.12. The highest BCUT2D eigenvalue weighted by molar-refractivity contribution is 6.31. The van der Waals surface area contributed by atoms with Crippen LogP contribution in [0.2, 0.25) is 5.02 Å². The van der Waals surface area contributed by atoms with Gasteiger partial charge in [0.15, 0.2) is 0 Å². The number of hydrogen-bond donors (Lipinski definition) is 2. The van der Waals surface area contributed by atoms with Crippen LogP contribution in [0.4, 0.5) is 17.1 Å². The summed E-state index contributed by atoms with van der Waals surface area (Å²) in [6, 6.07) is 14.6. The number of amides is 2. The minimum absolute atomic E-state index is 0.0858. The van der Waals surface area contributed by atoms with Crippen LogP contribution >= 0.6 is 11.6 Å². The van der Waals surface area contributed by atoms with Crippen LogP contribution in [-0.2, 0) is 4.79 Å². The zero-order chi connectivity index (χ0) is 22.0. The predicted octanol–water partition coefficient (Wildman–Crippen LogP) is 3.54. The Labute approximate surface area is 186 Å². The van der Waals surface area contributed by atoms with Gasteiger partial charge in [0.25, 0.3) is 5.91 Å². The van der Waals surface area contributed by atoms with Gasteiger partial charge in [0.05, 0.1) is 35.2 Å². The molecule has 2 heterocycles. The molecule has 0 radical (unpaired) electrons. The monoisotopic (exact) mass is 437 g/mol. The third-order valence-corrected chi connectivity index (χ3v) is 5.94. The first-order valence-corrected chi connectivity index (χ1v) is 10.8. The summed E-state index contributed by atoms with van der Waals surface area (Å²) in [7, 11) is 0. The second-order valence-corrected chi connectivity index (χ2v) is 8.34. The van der Waals surface area contributed by atoms with E-state index in [2.05, 4.69) is 16.7 Å². The molecule has 0 aromatic heterocycles. The van der Waals surface area contributed by atoms with Gasteiger partial charge in [-0.25, -0.2) is 0 Å². The van der Waals surface area contributed by atoms with E-state index in [-0.39, 0.29) is 30.4 Å². The summed E-state index contributed by atoms with van der Waals surface area (Å²) in [6.07, 6.45) is 1.58. The normalized spacial score (nSPS) is 18.5. The molecule has 0 bridgehead atoms. The minimum Gasteiger partial charge on any atom is -0.353 e. The number of nitrogens with zero attached hydrogens (tertiary/aromatic N) is 3. The first-order valence-electron chi connectivity index (χ1n) is 10.4. The van der Waals surface area contributed by atoms with E-state index in [9.17, 15) is 14.9 Å². The Morgan fingerprint density at radius 1 is 1.32 bits per heavy atom. The van der Waals surface area contributed by atoms with Gasteiger partial charge in [0.1, 0.15) is 6.04 Å². The summed E-state index contributed by atoms with van der Waals surface area (Å²) in [4.78, 5) is 29.3. The lowest BCUT2D eigenvalue weighted by Crippen LogP contribution is -2.47. The number of hydrogen-bond acceptors (Lipinski definition) is 5. The largest absolute Gasteiger partial charge is 0.353 e. The fourth-order valence-corrected chi connectivity index (χ4v) is 4.27. The Morgan fingerprint density at radius 3 is 2.94 bits per heavy atom. The second-order valence-electron chi connectivity index (χ2n) is 7.90. The molecule has 31 heavy (non-hydrogen) atoms. The van der Waals surface area contributed by atoms with Crippen molar-refractivity contribution < 1.29 is 9.59 Å². The summed E-state index contributed by atoms with van der Waals surface area (Å²) in [5.74, 6) is -0.240. The number of anilines is 3. The van der Waals surface area contributed by atoms with Crippen LogP contribution in [0.3, 0.4) is 0 Å². The van der Waals surface area contributed by atoms with Crippen LogP contribution in [-0.4, -0.2) is 48.4 Å². The number of nitrogens with one attached hydrogen (secondary N) is 2. The minimum atomic E-state index is -0.337. The van der Waals surface area contributed by atoms with Crippen molar-refractivity contribution in [3.8, 4) is 6.07 Å². The Balaban J connectivity index is 1.50. The first-order chi connectivity index (χ1) is 15.0. The lowest BCUT2D eigenvalue weighted by Gasteiger charge is -2.27. The smallest absolute Gasteiger partial charge is 0.260 e. The summed E-state index contributed by atoms with van der Waals surface area (Å²) < 4.78 is 0. The summed E-state index contributed by atoms with van der Waals surface area (Å²) in [5.41, 5.74) is 2.80. The van der Waals surface area contributed by atoms with Gasteiger partial charge in [-0.15, -0.1) is 0 Å². The molecule has 1 fully saturated rings. The number of nitriles is 1. The third kappa shape index (κ3) is 4.36. The molecule has 1 saturated heterocycles. The van der Waals surface area contributed by atoms with Crippen LogP contribution < -0.4 is 15.5 Å². The van der Waals surface area contributed by atoms with Crippen molar-refractivity contribution in [1.29, 1.82) is 5.26 Å². The molecule has 2 aromatic rings. The van der Waals surface area contributed by atoms with Gasteiger partial charge >= 0.3 is 0 Å². The van der Waals surface area contributed by atoms with Crippen LogP contribution in [0.25, 0.3) is 0 Å². The van der Waals surface area contributed by atoms with Crippen LogP contribution in [0.15, 0.2) is 42.5 Å². The molecule has 2 aliphatic rings. The molecule has 4 rings (SSSR count). The standard InChI is InChI=1S/C23H24ClN5O2/c1-15(26-13-22(30)28-10-4-5-17(28)12-25)14-29-21-7-3-2-6-20(21)27-19-9-8-16(24)11-18(19)23(29)31/h2-3,6-9,11,15,17,26-27H,4-5,10,13-14H2,1H3/t15-,17+/m1/s1. The predicted molar refractivity (Wildman–Crippen MR) is 121 cm³/mol. The Hall–Kier alpha value is -3.08. The number of halogens is 1. The Bertz CT molecular complexity index is 1050. The van der Waals surface area contributed by atoms with Gasteiger partial charge in [0, 0.05) is 24.2 Å². The van der Waals surface area contributed by atoms with Crippen LogP contribution in [0.1, 0.15) is 30.1 Å². The van der Waals surface area contributed by atoms with Crippen molar-refractivity contribution in [2.24, 2.45) is 0 Å². The molecule has 8 heteroatoms. The first kappa shape index (κ1) is 21.2. The number of carbonyl (C=O) groups is 2. The lowest BCUT2D eigenvalue weighted by molar-refractivity contribution is -0.130. The Morgan fingerprint density at radius 2 is 2.13 bits per heavy atom. The zero-order valence-corrected chi connectivity index (χ0v) is 18.0. The second kappa shape index (κ2) is 8.96. The fraction of sp³-hybridized carbons (Fsp3) is 0.348. The number of likely N-dealkylation sites (tertiary alicyclic amines) is 1. The zero-order valence-electron chi connectivity index (χ0n) is 17.3. The number of carbonyl (C=O) groups excluding carboxylic acids is 2. The van der Waals surface area contributed by atoms with E-state index in [0.717, 1.165) is 24.2 Å². The molecule has 0 unspecified atom stereocenters. The van der Waals surface area contributed by atoms with E-state index >= 15 is 0 Å². The van der Waals surface area contributed by atoms with Gasteiger partial charge in [-0.2, -0.15) is 5.26 Å². The maximum atomic E-state index is 13.4. The number of benzene rings is 2. The summed E-state index contributed by atoms with van der Waals surface area (Å²) >= 11 is 6.15. The highest BCUT2D eigenvalue weighted by Crippen LogP contribution is 2.36. The van der Waals surface area contributed by atoms with E-state index in [4.69, 9.17) is 11.6 Å². The third-order valence-electron chi connectivity index (χ3n) is 5.70. The molecule has 2 amide bonds. The number of fused-ring (bicyclic) bond motifs is 2. The number of para-hydroxylation sites is 2. The average Bonchev–Trinajstić information content (AvgIpc) is 3.22. The molecule has 160 valence electrons. The van der Waals surface area contributed by atoms with Gasteiger partial charge in [-0.3, -0.25) is 9.59 Å². The van der Waals surface area contributed by atoms with Crippen molar-refractivity contribution in [3.05, 3.63) is 53.1 Å². The molecule has 0 spiro atoms. The quantitative estimate of drug-likeness (QED) is 0.746. The summed E-state index contributed by atoms with van der Waals surface area (Å²) in [6.45, 7) is 3.06. The van der Waals surface area contributed by atoms with Gasteiger partial charge in [0.2, 0.25) is 5.91 Å². The molecule has 2 aliphatic heterocycles. The molecule has 7 nitrogen and oxygen atoms in total. The maximum absolute atomic E-state index is 13.4. The molecule has 0 aliphatic carbocycles. The molecule has 2 aromatic carbocycles. The van der Waals surface area contributed by atoms with Gasteiger partial charge < -0.3 is 20.4 Å². The molecule has 2 atom stereocenters. The van der Waals surface area contributed by atoms with Crippen molar-refractivity contribution in [3.63, 3.8) is 0 Å². The van der Waals surface area contributed by atoms with Crippen LogP contribution in [0.5, 0.6) is 0 Å². The van der Waals surface area contributed by atoms with E-state index < -0.39 is 0 Å². The van der Waals surface area contributed by atoms with Crippen molar-refractivity contribution in [2.75, 3.05) is 29.9 Å². The van der Waals surface area contributed by atoms with E-state index in [1.165, 1.54) is 0 Å². The maximum Gasteiger partial charge on any atom is 0.260 e. The molecular formula is C23H24ClN5O2. The van der Waals surface area contributed by atoms with Gasteiger partial charge in [-0.1, -0.05) is 23.7 Å². The lowest BCUT2D eigenvalue weighted by atomic mass is 10.1. The molecule has 2 N–H and O–H groups in total.